The Bertz CT molecular complexity index is 396. The Kier molecular flexibility index (Phi) is 4.45. The summed E-state index contributed by atoms with van der Waals surface area (Å²) in [5.41, 5.74) is 0.532. The zero-order chi connectivity index (χ0) is 13.9. The van der Waals surface area contributed by atoms with E-state index in [1.807, 2.05) is 31.2 Å². The van der Waals surface area contributed by atoms with E-state index in [0.717, 1.165) is 5.75 Å². The molecular weight excluding hydrogens is 242 g/mol. The molecule has 106 valence electrons. The summed E-state index contributed by atoms with van der Waals surface area (Å²) in [6.07, 6.45) is 2.38. The van der Waals surface area contributed by atoms with Crippen molar-refractivity contribution in [3.63, 3.8) is 0 Å². The summed E-state index contributed by atoms with van der Waals surface area (Å²) in [4.78, 5) is 0. The van der Waals surface area contributed by atoms with E-state index in [1.165, 1.54) is 18.4 Å². The number of aliphatic hydroxyl groups excluding tert-OH is 2. The summed E-state index contributed by atoms with van der Waals surface area (Å²) < 4.78 is 5.17. The van der Waals surface area contributed by atoms with Crippen molar-refractivity contribution in [2.45, 2.75) is 31.3 Å². The Balaban J connectivity index is 2.15. The number of hydrogen-bond donors (Lipinski definition) is 3. The van der Waals surface area contributed by atoms with E-state index in [-0.39, 0.29) is 19.3 Å². The van der Waals surface area contributed by atoms with Crippen LogP contribution in [0.3, 0.4) is 0 Å². The van der Waals surface area contributed by atoms with Crippen LogP contribution in [0, 0.1) is 5.92 Å². The van der Waals surface area contributed by atoms with E-state index >= 15 is 0 Å². The van der Waals surface area contributed by atoms with Gasteiger partial charge in [-0.3, -0.25) is 0 Å². The summed E-state index contributed by atoms with van der Waals surface area (Å²) in [5, 5.41) is 22.3. The average molecular weight is 265 g/mol. The molecule has 0 spiro atoms. The van der Waals surface area contributed by atoms with Crippen molar-refractivity contribution in [3.8, 4) is 5.75 Å². The van der Waals surface area contributed by atoms with Crippen LogP contribution in [0.1, 0.15) is 31.4 Å². The van der Waals surface area contributed by atoms with Gasteiger partial charge in [-0.25, -0.2) is 0 Å². The summed E-state index contributed by atoms with van der Waals surface area (Å²) >= 11 is 0. The molecule has 1 atom stereocenters. The van der Waals surface area contributed by atoms with Gasteiger partial charge in [-0.05, 0) is 43.4 Å². The average Bonchev–Trinajstić information content (AvgIpc) is 3.29. The molecule has 4 heteroatoms. The molecule has 0 heterocycles. The van der Waals surface area contributed by atoms with Crippen molar-refractivity contribution in [1.29, 1.82) is 0 Å². The number of nitrogens with one attached hydrogen (secondary N) is 1. The largest absolute Gasteiger partial charge is 0.497 e. The Morgan fingerprint density at radius 1 is 1.26 bits per heavy atom. The highest BCUT2D eigenvalue weighted by Crippen LogP contribution is 2.42. The quantitative estimate of drug-likeness (QED) is 0.699. The van der Waals surface area contributed by atoms with Gasteiger partial charge in [-0.1, -0.05) is 12.1 Å². The molecule has 1 aliphatic rings. The van der Waals surface area contributed by atoms with Crippen LogP contribution in [0.2, 0.25) is 0 Å². The number of hydrogen-bond acceptors (Lipinski definition) is 4. The van der Waals surface area contributed by atoms with Crippen LogP contribution in [0.15, 0.2) is 24.3 Å². The molecule has 1 saturated carbocycles. The first-order chi connectivity index (χ1) is 9.11. The van der Waals surface area contributed by atoms with Crippen LogP contribution < -0.4 is 10.1 Å². The van der Waals surface area contributed by atoms with E-state index < -0.39 is 5.54 Å². The Hall–Kier alpha value is -1.10. The maximum atomic E-state index is 9.42. The molecule has 1 aromatic carbocycles. The third-order valence-corrected chi connectivity index (χ3v) is 3.77. The maximum absolute atomic E-state index is 9.42. The Morgan fingerprint density at radius 2 is 1.84 bits per heavy atom. The first-order valence-corrected chi connectivity index (χ1v) is 6.75. The van der Waals surface area contributed by atoms with E-state index in [1.54, 1.807) is 7.11 Å². The zero-order valence-corrected chi connectivity index (χ0v) is 11.6. The second kappa shape index (κ2) is 5.90. The summed E-state index contributed by atoms with van der Waals surface area (Å²) in [6.45, 7) is 1.68. The fraction of sp³-hybridized carbons (Fsp3) is 0.600. The van der Waals surface area contributed by atoms with Crippen molar-refractivity contribution in [2.24, 2.45) is 5.92 Å². The minimum absolute atomic E-state index is 0.0805. The topological polar surface area (TPSA) is 61.7 Å². The van der Waals surface area contributed by atoms with Crippen LogP contribution in [0.25, 0.3) is 0 Å². The summed E-state index contributed by atoms with van der Waals surface area (Å²) in [5.74, 6) is 1.43. The summed E-state index contributed by atoms with van der Waals surface area (Å²) in [6, 6.07) is 8.16. The lowest BCUT2D eigenvalue weighted by Crippen LogP contribution is -2.51. The molecule has 3 N–H and O–H groups in total. The monoisotopic (exact) mass is 265 g/mol. The highest BCUT2D eigenvalue weighted by Gasteiger charge is 2.36. The predicted molar refractivity (Wildman–Crippen MR) is 74.2 cm³/mol. The molecule has 1 aliphatic carbocycles. The van der Waals surface area contributed by atoms with E-state index in [4.69, 9.17) is 4.74 Å². The van der Waals surface area contributed by atoms with Gasteiger partial charge >= 0.3 is 0 Å². The lowest BCUT2D eigenvalue weighted by atomic mass is 9.96. The van der Waals surface area contributed by atoms with E-state index in [2.05, 4.69) is 5.32 Å². The van der Waals surface area contributed by atoms with E-state index in [9.17, 15) is 10.2 Å². The van der Waals surface area contributed by atoms with Gasteiger partial charge in [0.1, 0.15) is 5.75 Å². The van der Waals surface area contributed by atoms with Gasteiger partial charge in [0.05, 0.1) is 25.9 Å². The molecule has 1 fully saturated rings. The molecule has 0 bridgehead atoms. The second-order valence-electron chi connectivity index (χ2n) is 5.61. The molecule has 19 heavy (non-hydrogen) atoms. The molecular formula is C15H23NO3. The third-order valence-electron chi connectivity index (χ3n) is 3.77. The lowest BCUT2D eigenvalue weighted by Gasteiger charge is -2.32. The van der Waals surface area contributed by atoms with Gasteiger partial charge in [0.25, 0.3) is 0 Å². The molecule has 0 saturated heterocycles. The molecule has 4 nitrogen and oxygen atoms in total. The minimum Gasteiger partial charge on any atom is -0.497 e. The Morgan fingerprint density at radius 3 is 2.26 bits per heavy atom. The van der Waals surface area contributed by atoms with E-state index in [0.29, 0.717) is 5.92 Å². The van der Waals surface area contributed by atoms with Gasteiger partial charge in [0.2, 0.25) is 0 Å². The maximum Gasteiger partial charge on any atom is 0.118 e. The van der Waals surface area contributed by atoms with Gasteiger partial charge < -0.3 is 20.3 Å². The van der Waals surface area contributed by atoms with Crippen molar-refractivity contribution in [1.82, 2.24) is 5.32 Å². The van der Waals surface area contributed by atoms with Gasteiger partial charge in [-0.15, -0.1) is 0 Å². The molecule has 1 unspecified atom stereocenters. The van der Waals surface area contributed by atoms with Gasteiger partial charge in [0, 0.05) is 6.04 Å². The second-order valence-corrected chi connectivity index (χ2v) is 5.61. The van der Waals surface area contributed by atoms with Crippen LogP contribution in [0.5, 0.6) is 5.75 Å². The van der Waals surface area contributed by atoms with Crippen molar-refractivity contribution >= 4 is 0 Å². The minimum atomic E-state index is -0.646. The van der Waals surface area contributed by atoms with Gasteiger partial charge in [0.15, 0.2) is 0 Å². The smallest absolute Gasteiger partial charge is 0.118 e. The van der Waals surface area contributed by atoms with Crippen molar-refractivity contribution < 1.29 is 14.9 Å². The normalized spacial score (nSPS) is 17.3. The van der Waals surface area contributed by atoms with Crippen LogP contribution in [-0.2, 0) is 0 Å². The number of benzene rings is 1. The number of rotatable bonds is 7. The highest BCUT2D eigenvalue weighted by molar-refractivity contribution is 5.30. The standard InChI is InChI=1S/C15H23NO3/c1-15(9-17,10-18)16-14(11-3-4-11)12-5-7-13(19-2)8-6-12/h5-8,11,14,16-18H,3-4,9-10H2,1-2H3. The van der Waals surface area contributed by atoms with Crippen molar-refractivity contribution in [3.05, 3.63) is 29.8 Å². The highest BCUT2D eigenvalue weighted by atomic mass is 16.5. The Labute approximate surface area is 114 Å². The number of ether oxygens (including phenoxy) is 1. The SMILES string of the molecule is COc1ccc(C(NC(C)(CO)CO)C2CC2)cc1. The molecule has 0 amide bonds. The fourth-order valence-corrected chi connectivity index (χ4v) is 2.23. The fourth-order valence-electron chi connectivity index (χ4n) is 2.23. The zero-order valence-electron chi connectivity index (χ0n) is 11.6. The number of aliphatic hydroxyl groups is 2. The number of methoxy groups -OCH3 is 1. The van der Waals surface area contributed by atoms with Crippen LogP contribution >= 0.6 is 0 Å². The molecule has 0 radical (unpaired) electrons. The lowest BCUT2D eigenvalue weighted by molar-refractivity contribution is 0.0909. The van der Waals surface area contributed by atoms with Crippen LogP contribution in [-0.4, -0.2) is 36.1 Å². The molecule has 1 aromatic rings. The summed E-state index contributed by atoms with van der Waals surface area (Å²) in [7, 11) is 1.65. The third kappa shape index (κ3) is 3.47. The molecule has 0 aromatic heterocycles. The van der Waals surface area contributed by atoms with Gasteiger partial charge in [-0.2, -0.15) is 0 Å². The predicted octanol–water partition coefficient (Wildman–Crippen LogP) is 1.48. The first-order valence-electron chi connectivity index (χ1n) is 6.75. The molecule has 2 rings (SSSR count). The van der Waals surface area contributed by atoms with Crippen molar-refractivity contribution in [2.75, 3.05) is 20.3 Å². The molecule has 0 aliphatic heterocycles. The first kappa shape index (κ1) is 14.3. The van der Waals surface area contributed by atoms with Crippen LogP contribution in [0.4, 0.5) is 0 Å².